The molecule has 5 nitrogen and oxygen atoms in total. The summed E-state index contributed by atoms with van der Waals surface area (Å²) < 4.78 is 24.7. The van der Waals surface area contributed by atoms with Crippen LogP contribution in [0.5, 0.6) is 0 Å². The molecule has 0 saturated heterocycles. The minimum absolute atomic E-state index is 0.203. The molecule has 2 aromatic carbocycles. The summed E-state index contributed by atoms with van der Waals surface area (Å²) in [5, 5.41) is 2.70. The Morgan fingerprint density at radius 2 is 1.90 bits per heavy atom. The van der Waals surface area contributed by atoms with Crippen molar-refractivity contribution in [1.29, 1.82) is 0 Å². The molecule has 0 aliphatic carbocycles. The largest absolute Gasteiger partial charge is 0.482 e. The SMILES string of the molecule is CCOC(=O)CCc1ccc(C2=C/C(=C3\C(=O)Nc4cc(F)ccc43)OC2(C)C)cc1. The van der Waals surface area contributed by atoms with Crippen LogP contribution in [0, 0.1) is 5.82 Å². The molecule has 0 unspecified atom stereocenters. The van der Waals surface area contributed by atoms with E-state index in [0.717, 1.165) is 16.7 Å². The lowest BCUT2D eigenvalue weighted by atomic mass is 9.91. The van der Waals surface area contributed by atoms with Crippen molar-refractivity contribution in [3.63, 3.8) is 0 Å². The summed E-state index contributed by atoms with van der Waals surface area (Å²) in [5.74, 6) is -0.449. The first-order chi connectivity index (χ1) is 14.8. The number of ether oxygens (including phenoxy) is 2. The number of hydrogen-bond donors (Lipinski definition) is 1. The van der Waals surface area contributed by atoms with Crippen molar-refractivity contribution in [2.45, 2.75) is 39.2 Å². The molecule has 160 valence electrons. The van der Waals surface area contributed by atoms with Gasteiger partial charge in [-0.1, -0.05) is 24.3 Å². The maximum absolute atomic E-state index is 13.5. The van der Waals surface area contributed by atoms with Gasteiger partial charge in [0.05, 0.1) is 17.9 Å². The highest BCUT2D eigenvalue weighted by Gasteiger charge is 2.38. The van der Waals surface area contributed by atoms with E-state index in [1.807, 2.05) is 44.2 Å². The molecule has 1 N–H and O–H groups in total. The second-order valence-corrected chi connectivity index (χ2v) is 8.06. The van der Waals surface area contributed by atoms with Gasteiger partial charge < -0.3 is 14.8 Å². The lowest BCUT2D eigenvalue weighted by Gasteiger charge is -2.23. The summed E-state index contributed by atoms with van der Waals surface area (Å²) in [4.78, 5) is 24.1. The van der Waals surface area contributed by atoms with E-state index >= 15 is 0 Å². The Hall–Kier alpha value is -3.41. The molecule has 0 fully saturated rings. The van der Waals surface area contributed by atoms with E-state index in [2.05, 4.69) is 5.32 Å². The van der Waals surface area contributed by atoms with Crippen molar-refractivity contribution in [3.05, 3.63) is 76.8 Å². The molecule has 31 heavy (non-hydrogen) atoms. The molecule has 2 aliphatic rings. The zero-order valence-corrected chi connectivity index (χ0v) is 17.8. The third kappa shape index (κ3) is 4.10. The van der Waals surface area contributed by atoms with Crippen LogP contribution in [0.25, 0.3) is 11.1 Å². The predicted octanol–water partition coefficient (Wildman–Crippen LogP) is 4.88. The summed E-state index contributed by atoms with van der Waals surface area (Å²) in [5.41, 5.74) is 3.79. The number of rotatable bonds is 5. The Bertz CT molecular complexity index is 1110. The number of carbonyl (C=O) groups is 2. The minimum atomic E-state index is -0.641. The van der Waals surface area contributed by atoms with Gasteiger partial charge in [-0.05, 0) is 62.6 Å². The maximum atomic E-state index is 13.5. The van der Waals surface area contributed by atoms with Crippen molar-refractivity contribution in [2.75, 3.05) is 11.9 Å². The van der Waals surface area contributed by atoms with Gasteiger partial charge in [0, 0.05) is 17.6 Å². The van der Waals surface area contributed by atoms with Crippen LogP contribution in [0.3, 0.4) is 0 Å². The number of anilines is 1. The molecular formula is C25H24FNO4. The molecule has 0 saturated carbocycles. The van der Waals surface area contributed by atoms with Crippen molar-refractivity contribution in [1.82, 2.24) is 0 Å². The van der Waals surface area contributed by atoms with E-state index in [1.54, 1.807) is 13.0 Å². The molecule has 2 aromatic rings. The van der Waals surface area contributed by atoms with E-state index in [9.17, 15) is 14.0 Å². The fourth-order valence-corrected chi connectivity index (χ4v) is 3.94. The first-order valence-corrected chi connectivity index (χ1v) is 10.3. The van der Waals surface area contributed by atoms with Crippen LogP contribution in [0.4, 0.5) is 10.1 Å². The standard InChI is InChI=1S/C25H24FNO4/c1-4-30-22(28)12-7-15-5-8-16(9-6-15)19-14-21(31-25(19,2)3)23-18-11-10-17(26)13-20(18)27-24(23)29/h5-6,8-11,13-14H,4,7,12H2,1-3H3,(H,27,29)/b23-21+. The number of fused-ring (bicyclic) bond motifs is 1. The number of hydrogen-bond acceptors (Lipinski definition) is 4. The van der Waals surface area contributed by atoms with Crippen molar-refractivity contribution in [3.8, 4) is 0 Å². The highest BCUT2D eigenvalue weighted by Crippen LogP contribution is 2.44. The average molecular weight is 421 g/mol. The van der Waals surface area contributed by atoms with E-state index < -0.39 is 11.4 Å². The fourth-order valence-electron chi connectivity index (χ4n) is 3.94. The van der Waals surface area contributed by atoms with Gasteiger partial charge in [0.1, 0.15) is 17.2 Å². The normalized spacial score (nSPS) is 18.8. The third-order valence-corrected chi connectivity index (χ3v) is 5.45. The fraction of sp³-hybridized carbons (Fsp3) is 0.280. The molecule has 6 heteroatoms. The number of amides is 1. The Morgan fingerprint density at radius 1 is 1.16 bits per heavy atom. The molecule has 4 rings (SSSR count). The number of aryl methyl sites for hydroxylation is 1. The van der Waals surface area contributed by atoms with E-state index in [4.69, 9.17) is 9.47 Å². The molecule has 0 bridgehead atoms. The molecule has 2 aliphatic heterocycles. The number of halogens is 1. The van der Waals surface area contributed by atoms with Gasteiger partial charge in [0.15, 0.2) is 0 Å². The highest BCUT2D eigenvalue weighted by molar-refractivity contribution is 6.32. The van der Waals surface area contributed by atoms with Crippen LogP contribution in [0.15, 0.2) is 54.3 Å². The summed E-state index contributed by atoms with van der Waals surface area (Å²) in [6, 6.07) is 12.2. The quantitative estimate of drug-likeness (QED) is 0.552. The summed E-state index contributed by atoms with van der Waals surface area (Å²) in [7, 11) is 0. The van der Waals surface area contributed by atoms with Crippen LogP contribution in [-0.4, -0.2) is 24.1 Å². The zero-order valence-electron chi connectivity index (χ0n) is 17.8. The van der Waals surface area contributed by atoms with Crippen LogP contribution in [-0.2, 0) is 25.5 Å². The number of esters is 1. The van der Waals surface area contributed by atoms with Gasteiger partial charge >= 0.3 is 5.97 Å². The van der Waals surface area contributed by atoms with Gasteiger partial charge in [-0.3, -0.25) is 9.59 Å². The predicted molar refractivity (Wildman–Crippen MR) is 116 cm³/mol. The highest BCUT2D eigenvalue weighted by atomic mass is 19.1. The molecule has 0 aromatic heterocycles. The lowest BCUT2D eigenvalue weighted by molar-refractivity contribution is -0.143. The summed E-state index contributed by atoms with van der Waals surface area (Å²) in [6.07, 6.45) is 2.83. The minimum Gasteiger partial charge on any atom is -0.482 e. The Kier molecular flexibility index (Phi) is 5.39. The smallest absolute Gasteiger partial charge is 0.306 e. The molecular weight excluding hydrogens is 397 g/mol. The van der Waals surface area contributed by atoms with Crippen molar-refractivity contribution >= 4 is 28.7 Å². The molecule has 1 amide bonds. The van der Waals surface area contributed by atoms with Gasteiger partial charge in [-0.2, -0.15) is 0 Å². The Labute approximate surface area is 180 Å². The molecule has 0 spiro atoms. The number of benzene rings is 2. The van der Waals surface area contributed by atoms with Gasteiger partial charge in [-0.15, -0.1) is 0 Å². The number of allylic oxidation sites excluding steroid dienone is 1. The van der Waals surface area contributed by atoms with E-state index in [-0.39, 0.29) is 11.9 Å². The average Bonchev–Trinajstić information content (AvgIpc) is 3.21. The monoisotopic (exact) mass is 421 g/mol. The summed E-state index contributed by atoms with van der Waals surface area (Å²) in [6.45, 7) is 6.07. The zero-order chi connectivity index (χ0) is 22.2. The first kappa shape index (κ1) is 20.8. The molecule has 0 radical (unpaired) electrons. The second-order valence-electron chi connectivity index (χ2n) is 8.06. The van der Waals surface area contributed by atoms with E-state index in [0.29, 0.717) is 42.0 Å². The Morgan fingerprint density at radius 3 is 2.61 bits per heavy atom. The maximum Gasteiger partial charge on any atom is 0.306 e. The van der Waals surface area contributed by atoms with Gasteiger partial charge in [-0.25, -0.2) is 4.39 Å². The van der Waals surface area contributed by atoms with Crippen LogP contribution in [0.1, 0.15) is 43.9 Å². The first-order valence-electron chi connectivity index (χ1n) is 10.3. The molecule has 0 atom stereocenters. The topological polar surface area (TPSA) is 64.6 Å². The van der Waals surface area contributed by atoms with Gasteiger partial charge in [0.25, 0.3) is 5.91 Å². The number of nitrogens with one attached hydrogen (secondary N) is 1. The van der Waals surface area contributed by atoms with E-state index in [1.165, 1.54) is 12.1 Å². The second kappa shape index (κ2) is 8.02. The van der Waals surface area contributed by atoms with Crippen molar-refractivity contribution < 1.29 is 23.5 Å². The third-order valence-electron chi connectivity index (χ3n) is 5.45. The summed E-state index contributed by atoms with van der Waals surface area (Å²) >= 11 is 0. The van der Waals surface area contributed by atoms with Gasteiger partial charge in [0.2, 0.25) is 0 Å². The Balaban J connectivity index is 1.62. The van der Waals surface area contributed by atoms with Crippen LogP contribution >= 0.6 is 0 Å². The van der Waals surface area contributed by atoms with Crippen LogP contribution < -0.4 is 5.32 Å². The lowest BCUT2D eigenvalue weighted by Crippen LogP contribution is -2.21. The van der Waals surface area contributed by atoms with Crippen molar-refractivity contribution in [2.24, 2.45) is 0 Å². The van der Waals surface area contributed by atoms with Crippen LogP contribution in [0.2, 0.25) is 0 Å². The number of carbonyl (C=O) groups excluding carboxylic acids is 2. The molecule has 2 heterocycles.